The van der Waals surface area contributed by atoms with Gasteiger partial charge in [-0.25, -0.2) is 0 Å². The Labute approximate surface area is 72.7 Å². The highest BCUT2D eigenvalue weighted by Crippen LogP contribution is 2.12. The van der Waals surface area contributed by atoms with Gasteiger partial charge in [0.25, 0.3) is 0 Å². The molecule has 1 aromatic heterocycles. The van der Waals surface area contributed by atoms with E-state index < -0.39 is 0 Å². The summed E-state index contributed by atoms with van der Waals surface area (Å²) in [7, 11) is 0. The first-order chi connectivity index (χ1) is 5.29. The second-order valence-electron chi connectivity index (χ2n) is 2.77. The van der Waals surface area contributed by atoms with Crippen LogP contribution in [0.5, 0.6) is 0 Å². The van der Waals surface area contributed by atoms with Crippen molar-refractivity contribution in [1.82, 2.24) is 0 Å². The van der Waals surface area contributed by atoms with E-state index in [2.05, 4.69) is 30.8 Å². The first-order valence-corrected chi connectivity index (χ1v) is 5.14. The molecule has 0 aromatic carbocycles. The molecule has 0 bridgehead atoms. The maximum absolute atomic E-state index is 2.32. The van der Waals surface area contributed by atoms with Crippen molar-refractivity contribution in [3.63, 3.8) is 0 Å². The molecule has 1 nitrogen and oxygen atoms in total. The Bertz CT molecular complexity index is 227. The standard InChI is InChI=1S/C9H16NS/c1-4-6-9-8(3)10(5-2)7-11-9/h7H,4-6H2,1-3H3/q+1. The van der Waals surface area contributed by atoms with E-state index in [9.17, 15) is 0 Å². The average molecular weight is 170 g/mol. The summed E-state index contributed by atoms with van der Waals surface area (Å²) in [6.45, 7) is 7.74. The van der Waals surface area contributed by atoms with Crippen molar-refractivity contribution >= 4 is 11.3 Å². The summed E-state index contributed by atoms with van der Waals surface area (Å²) in [5.74, 6) is 0. The lowest BCUT2D eigenvalue weighted by Crippen LogP contribution is -2.32. The maximum atomic E-state index is 2.32. The van der Waals surface area contributed by atoms with Crippen molar-refractivity contribution in [1.29, 1.82) is 0 Å². The molecule has 0 fully saturated rings. The van der Waals surface area contributed by atoms with Gasteiger partial charge >= 0.3 is 0 Å². The van der Waals surface area contributed by atoms with Crippen molar-refractivity contribution in [3.8, 4) is 0 Å². The van der Waals surface area contributed by atoms with Crippen LogP contribution >= 0.6 is 11.3 Å². The summed E-state index contributed by atoms with van der Waals surface area (Å²) in [6.07, 6.45) is 2.49. The fraction of sp³-hybridized carbons (Fsp3) is 0.667. The molecule has 0 atom stereocenters. The van der Waals surface area contributed by atoms with Crippen LogP contribution in [0.4, 0.5) is 0 Å². The van der Waals surface area contributed by atoms with Crippen LogP contribution in [0.2, 0.25) is 0 Å². The molecule has 0 aliphatic heterocycles. The van der Waals surface area contributed by atoms with Crippen LogP contribution in [0.1, 0.15) is 30.8 Å². The Morgan fingerprint density at radius 2 is 2.18 bits per heavy atom. The van der Waals surface area contributed by atoms with Gasteiger partial charge in [-0.15, -0.1) is 0 Å². The van der Waals surface area contributed by atoms with E-state index in [4.69, 9.17) is 0 Å². The number of aromatic nitrogens is 1. The Morgan fingerprint density at radius 1 is 1.45 bits per heavy atom. The molecular weight excluding hydrogens is 154 g/mol. The number of thiazole rings is 1. The van der Waals surface area contributed by atoms with Crippen molar-refractivity contribution in [2.75, 3.05) is 0 Å². The lowest BCUT2D eigenvalue weighted by Gasteiger charge is -1.91. The summed E-state index contributed by atoms with van der Waals surface area (Å²) in [4.78, 5) is 1.55. The van der Waals surface area contributed by atoms with Gasteiger partial charge in [0, 0.05) is 6.92 Å². The Balaban J connectivity index is 2.82. The lowest BCUT2D eigenvalue weighted by atomic mass is 10.2. The molecule has 62 valence electrons. The number of nitrogens with zero attached hydrogens (tertiary/aromatic N) is 1. The van der Waals surface area contributed by atoms with Crippen LogP contribution in [-0.4, -0.2) is 0 Å². The van der Waals surface area contributed by atoms with Crippen LogP contribution in [0, 0.1) is 6.92 Å². The van der Waals surface area contributed by atoms with E-state index >= 15 is 0 Å². The van der Waals surface area contributed by atoms with Crippen molar-refractivity contribution in [2.24, 2.45) is 0 Å². The lowest BCUT2D eigenvalue weighted by molar-refractivity contribution is -0.694. The van der Waals surface area contributed by atoms with Crippen LogP contribution in [-0.2, 0) is 13.0 Å². The van der Waals surface area contributed by atoms with Crippen LogP contribution in [0.3, 0.4) is 0 Å². The third kappa shape index (κ3) is 1.80. The van der Waals surface area contributed by atoms with Gasteiger partial charge in [-0.05, 0) is 13.3 Å². The van der Waals surface area contributed by atoms with Crippen LogP contribution < -0.4 is 4.57 Å². The van der Waals surface area contributed by atoms with E-state index in [1.807, 2.05) is 11.3 Å². The highest BCUT2D eigenvalue weighted by molar-refractivity contribution is 7.09. The van der Waals surface area contributed by atoms with Crippen molar-refractivity contribution < 1.29 is 4.57 Å². The Morgan fingerprint density at radius 3 is 2.64 bits per heavy atom. The Kier molecular flexibility index (Phi) is 3.06. The molecule has 0 amide bonds. The molecule has 0 aliphatic carbocycles. The summed E-state index contributed by atoms with van der Waals surface area (Å²) in [6, 6.07) is 0. The fourth-order valence-electron chi connectivity index (χ4n) is 1.23. The van der Waals surface area contributed by atoms with Gasteiger partial charge in [-0.1, -0.05) is 24.7 Å². The van der Waals surface area contributed by atoms with Gasteiger partial charge in [0.2, 0.25) is 5.51 Å². The topological polar surface area (TPSA) is 3.88 Å². The number of hydrogen-bond acceptors (Lipinski definition) is 1. The van der Waals surface area contributed by atoms with Gasteiger partial charge in [-0.3, -0.25) is 0 Å². The molecule has 1 rings (SSSR count). The second-order valence-corrected chi connectivity index (χ2v) is 3.71. The highest BCUT2D eigenvalue weighted by Gasteiger charge is 2.11. The predicted octanol–water partition coefficient (Wildman–Crippen LogP) is 2.32. The summed E-state index contributed by atoms with van der Waals surface area (Å²) in [5.41, 5.74) is 3.68. The maximum Gasteiger partial charge on any atom is 0.225 e. The minimum absolute atomic E-state index is 1.10. The number of rotatable bonds is 3. The third-order valence-electron chi connectivity index (χ3n) is 1.97. The SMILES string of the molecule is CCCc1sc[n+](CC)c1C. The first kappa shape index (κ1) is 8.72. The predicted molar refractivity (Wildman–Crippen MR) is 48.9 cm³/mol. The minimum atomic E-state index is 1.10. The smallest absolute Gasteiger partial charge is 0.193 e. The quantitative estimate of drug-likeness (QED) is 0.613. The highest BCUT2D eigenvalue weighted by atomic mass is 32.1. The minimum Gasteiger partial charge on any atom is -0.193 e. The molecule has 11 heavy (non-hydrogen) atoms. The van der Waals surface area contributed by atoms with E-state index in [-0.39, 0.29) is 0 Å². The largest absolute Gasteiger partial charge is 0.225 e. The normalized spacial score (nSPS) is 10.5. The molecular formula is C9H16NS+. The molecule has 1 aromatic rings. The van der Waals surface area contributed by atoms with Gasteiger partial charge in [0.05, 0.1) is 4.88 Å². The second kappa shape index (κ2) is 3.86. The summed E-state index contributed by atoms with van der Waals surface area (Å²) in [5, 5.41) is 0. The van der Waals surface area contributed by atoms with E-state index in [0.717, 1.165) is 6.54 Å². The molecule has 0 N–H and O–H groups in total. The average Bonchev–Trinajstić information content (AvgIpc) is 2.34. The van der Waals surface area contributed by atoms with E-state index in [1.165, 1.54) is 18.5 Å². The molecule has 1 heterocycles. The number of aryl methyl sites for hydroxylation is 2. The number of hydrogen-bond donors (Lipinski definition) is 0. The molecule has 0 spiro atoms. The van der Waals surface area contributed by atoms with Crippen molar-refractivity contribution in [2.45, 2.75) is 40.2 Å². The van der Waals surface area contributed by atoms with Gasteiger partial charge in [0.15, 0.2) is 5.69 Å². The molecule has 0 saturated heterocycles. The van der Waals surface area contributed by atoms with E-state index in [1.54, 1.807) is 4.88 Å². The molecule has 0 radical (unpaired) electrons. The zero-order valence-electron chi connectivity index (χ0n) is 7.55. The molecule has 2 heteroatoms. The summed E-state index contributed by atoms with van der Waals surface area (Å²) < 4.78 is 2.32. The van der Waals surface area contributed by atoms with Gasteiger partial charge in [-0.2, -0.15) is 4.57 Å². The molecule has 0 aliphatic rings. The van der Waals surface area contributed by atoms with Crippen LogP contribution in [0.25, 0.3) is 0 Å². The van der Waals surface area contributed by atoms with E-state index in [0.29, 0.717) is 0 Å². The first-order valence-electron chi connectivity index (χ1n) is 4.26. The summed E-state index contributed by atoms with van der Waals surface area (Å²) >= 11 is 1.89. The Hall–Kier alpha value is -0.370. The van der Waals surface area contributed by atoms with Gasteiger partial charge < -0.3 is 0 Å². The fourth-order valence-corrected chi connectivity index (χ4v) is 2.40. The zero-order chi connectivity index (χ0) is 8.27. The van der Waals surface area contributed by atoms with Crippen molar-refractivity contribution in [3.05, 3.63) is 16.1 Å². The van der Waals surface area contributed by atoms with Crippen LogP contribution in [0.15, 0.2) is 5.51 Å². The molecule has 0 saturated carbocycles. The zero-order valence-corrected chi connectivity index (χ0v) is 8.37. The third-order valence-corrected chi connectivity index (χ3v) is 3.12. The molecule has 0 unspecified atom stereocenters. The monoisotopic (exact) mass is 170 g/mol. The van der Waals surface area contributed by atoms with Gasteiger partial charge in [0.1, 0.15) is 6.54 Å².